The van der Waals surface area contributed by atoms with E-state index in [1.807, 2.05) is 0 Å². The number of fused-ring (bicyclic) bond motifs is 1. The number of H-pyrrole nitrogens is 1. The summed E-state index contributed by atoms with van der Waals surface area (Å²) in [5.74, 6) is -0.986. The van der Waals surface area contributed by atoms with Crippen molar-refractivity contribution in [1.29, 1.82) is 0 Å². The maximum absolute atomic E-state index is 12.3. The Morgan fingerprint density at radius 2 is 1.89 bits per heavy atom. The standard InChI is InChI=1S/C18H16Cl3N3O4/c19-10-5-12(21)15(6-11(10)20)28-7-16(25)23-13-2-1-3-14-8(13)4-9(17(22)26)18(27)24-14/h4-6,13H,1-3,7H2,(H2,22,26)(H,23,25)(H,24,27). The van der Waals surface area contributed by atoms with E-state index in [-0.39, 0.29) is 39.0 Å². The number of benzene rings is 1. The summed E-state index contributed by atoms with van der Waals surface area (Å²) in [5, 5.41) is 3.60. The number of aromatic amines is 1. The minimum atomic E-state index is -0.822. The zero-order chi connectivity index (χ0) is 20.4. The van der Waals surface area contributed by atoms with Crippen LogP contribution in [0.5, 0.6) is 5.75 Å². The maximum Gasteiger partial charge on any atom is 0.261 e. The summed E-state index contributed by atoms with van der Waals surface area (Å²) in [7, 11) is 0. The summed E-state index contributed by atoms with van der Waals surface area (Å²) in [6, 6.07) is 3.92. The molecule has 7 nitrogen and oxygen atoms in total. The molecule has 1 aliphatic rings. The van der Waals surface area contributed by atoms with Gasteiger partial charge >= 0.3 is 0 Å². The highest BCUT2D eigenvalue weighted by Gasteiger charge is 2.25. The number of nitrogens with two attached hydrogens (primary N) is 1. The van der Waals surface area contributed by atoms with Gasteiger partial charge in [-0.05, 0) is 37.0 Å². The molecule has 0 aliphatic heterocycles. The van der Waals surface area contributed by atoms with Crippen LogP contribution in [0.2, 0.25) is 15.1 Å². The SMILES string of the molecule is NC(=O)c1cc2c([nH]c1=O)CCCC2NC(=O)COc1cc(Cl)c(Cl)cc1Cl. The van der Waals surface area contributed by atoms with Crippen molar-refractivity contribution < 1.29 is 14.3 Å². The molecular formula is C18H16Cl3N3O4. The molecule has 0 spiro atoms. The van der Waals surface area contributed by atoms with Gasteiger partial charge in [-0.25, -0.2) is 0 Å². The van der Waals surface area contributed by atoms with E-state index in [0.717, 1.165) is 6.42 Å². The highest BCUT2D eigenvalue weighted by atomic mass is 35.5. The summed E-state index contributed by atoms with van der Waals surface area (Å²) in [6.45, 7) is -0.296. The van der Waals surface area contributed by atoms with Crippen molar-refractivity contribution in [2.75, 3.05) is 6.61 Å². The van der Waals surface area contributed by atoms with Gasteiger partial charge in [0, 0.05) is 11.8 Å². The first-order chi connectivity index (χ1) is 13.3. The largest absolute Gasteiger partial charge is 0.482 e. The summed E-state index contributed by atoms with van der Waals surface area (Å²) in [5.41, 5.74) is 5.92. The molecule has 28 heavy (non-hydrogen) atoms. The average molecular weight is 445 g/mol. The number of ether oxygens (including phenoxy) is 1. The maximum atomic E-state index is 12.3. The van der Waals surface area contributed by atoms with Crippen LogP contribution in [0.4, 0.5) is 0 Å². The number of halogens is 3. The Balaban J connectivity index is 1.72. The second kappa shape index (κ2) is 8.43. The molecule has 0 radical (unpaired) electrons. The molecule has 1 aromatic carbocycles. The lowest BCUT2D eigenvalue weighted by atomic mass is 9.90. The van der Waals surface area contributed by atoms with Crippen LogP contribution in [-0.4, -0.2) is 23.4 Å². The Bertz CT molecular complexity index is 1010. The number of hydrogen-bond donors (Lipinski definition) is 3. The Morgan fingerprint density at radius 1 is 1.18 bits per heavy atom. The van der Waals surface area contributed by atoms with Gasteiger partial charge in [0.15, 0.2) is 6.61 Å². The third-order valence-electron chi connectivity index (χ3n) is 4.39. The number of amides is 2. The molecule has 3 rings (SSSR count). The van der Waals surface area contributed by atoms with Crippen LogP contribution in [0, 0.1) is 0 Å². The number of carbonyl (C=O) groups excluding carboxylic acids is 2. The monoisotopic (exact) mass is 443 g/mol. The van der Waals surface area contributed by atoms with Gasteiger partial charge in [0.25, 0.3) is 17.4 Å². The fourth-order valence-corrected chi connectivity index (χ4v) is 3.66. The Kier molecular flexibility index (Phi) is 6.17. The van der Waals surface area contributed by atoms with E-state index in [1.165, 1.54) is 18.2 Å². The minimum absolute atomic E-state index is 0.140. The van der Waals surface area contributed by atoms with Crippen molar-refractivity contribution in [2.24, 2.45) is 5.73 Å². The molecule has 0 saturated carbocycles. The Morgan fingerprint density at radius 3 is 2.61 bits per heavy atom. The molecule has 1 unspecified atom stereocenters. The molecule has 0 fully saturated rings. The van der Waals surface area contributed by atoms with Gasteiger partial charge in [-0.2, -0.15) is 0 Å². The summed E-state index contributed by atoms with van der Waals surface area (Å²) in [4.78, 5) is 38.4. The van der Waals surface area contributed by atoms with E-state index >= 15 is 0 Å². The van der Waals surface area contributed by atoms with E-state index in [0.29, 0.717) is 24.1 Å². The van der Waals surface area contributed by atoms with Crippen molar-refractivity contribution in [3.05, 3.63) is 60.4 Å². The molecular weight excluding hydrogens is 429 g/mol. The third kappa shape index (κ3) is 4.43. The lowest BCUT2D eigenvalue weighted by Crippen LogP contribution is -2.36. The lowest BCUT2D eigenvalue weighted by molar-refractivity contribution is -0.123. The van der Waals surface area contributed by atoms with E-state index in [4.69, 9.17) is 45.3 Å². The number of hydrogen-bond acceptors (Lipinski definition) is 4. The van der Waals surface area contributed by atoms with E-state index in [2.05, 4.69) is 10.3 Å². The van der Waals surface area contributed by atoms with Gasteiger partial charge in [-0.3, -0.25) is 14.4 Å². The van der Waals surface area contributed by atoms with E-state index < -0.39 is 17.4 Å². The predicted molar refractivity (Wildman–Crippen MR) is 106 cm³/mol. The number of pyridine rings is 1. The summed E-state index contributed by atoms with van der Waals surface area (Å²) < 4.78 is 5.43. The smallest absolute Gasteiger partial charge is 0.261 e. The quantitative estimate of drug-likeness (QED) is 0.615. The van der Waals surface area contributed by atoms with Gasteiger partial charge < -0.3 is 20.8 Å². The zero-order valence-electron chi connectivity index (χ0n) is 14.5. The number of primary amides is 1. The summed E-state index contributed by atoms with van der Waals surface area (Å²) in [6.07, 6.45) is 2.06. The van der Waals surface area contributed by atoms with Crippen molar-refractivity contribution >= 4 is 46.6 Å². The highest BCUT2D eigenvalue weighted by Crippen LogP contribution is 2.34. The van der Waals surface area contributed by atoms with Gasteiger partial charge in [0.2, 0.25) is 0 Å². The normalized spacial score (nSPS) is 15.6. The molecule has 148 valence electrons. The van der Waals surface area contributed by atoms with Gasteiger partial charge in [0.05, 0.1) is 21.1 Å². The first-order valence-electron chi connectivity index (χ1n) is 8.39. The van der Waals surface area contributed by atoms with Crippen molar-refractivity contribution in [3.8, 4) is 5.75 Å². The Labute approximate surface area is 175 Å². The van der Waals surface area contributed by atoms with Gasteiger partial charge in [-0.1, -0.05) is 34.8 Å². The second-order valence-electron chi connectivity index (χ2n) is 6.31. The van der Waals surface area contributed by atoms with Crippen molar-refractivity contribution in [1.82, 2.24) is 10.3 Å². The summed E-state index contributed by atoms with van der Waals surface area (Å²) >= 11 is 17.8. The van der Waals surface area contributed by atoms with Crippen molar-refractivity contribution in [3.63, 3.8) is 0 Å². The van der Waals surface area contributed by atoms with E-state index in [9.17, 15) is 14.4 Å². The van der Waals surface area contributed by atoms with Gasteiger partial charge in [0.1, 0.15) is 11.3 Å². The predicted octanol–water partition coefficient (Wildman–Crippen LogP) is 3.01. The van der Waals surface area contributed by atoms with Gasteiger partial charge in [-0.15, -0.1) is 0 Å². The molecule has 0 saturated heterocycles. The van der Waals surface area contributed by atoms with Crippen LogP contribution in [0.3, 0.4) is 0 Å². The number of aryl methyl sites for hydroxylation is 1. The van der Waals surface area contributed by atoms with Crippen LogP contribution >= 0.6 is 34.8 Å². The van der Waals surface area contributed by atoms with Crippen LogP contribution in [0.1, 0.15) is 40.5 Å². The number of rotatable bonds is 5. The fraction of sp³-hybridized carbons (Fsp3) is 0.278. The van der Waals surface area contributed by atoms with Crippen molar-refractivity contribution in [2.45, 2.75) is 25.3 Å². The highest BCUT2D eigenvalue weighted by molar-refractivity contribution is 6.43. The zero-order valence-corrected chi connectivity index (χ0v) is 16.7. The fourth-order valence-electron chi connectivity index (χ4n) is 3.07. The van der Waals surface area contributed by atoms with Crippen LogP contribution in [0.15, 0.2) is 23.0 Å². The molecule has 1 aromatic heterocycles. The molecule has 1 heterocycles. The minimum Gasteiger partial charge on any atom is -0.482 e. The molecule has 0 bridgehead atoms. The average Bonchev–Trinajstić information content (AvgIpc) is 2.63. The molecule has 1 atom stereocenters. The first-order valence-corrected chi connectivity index (χ1v) is 9.52. The van der Waals surface area contributed by atoms with Crippen LogP contribution in [-0.2, 0) is 11.2 Å². The molecule has 2 amide bonds. The lowest BCUT2D eigenvalue weighted by Gasteiger charge is -2.26. The van der Waals surface area contributed by atoms with Crippen LogP contribution < -0.4 is 21.3 Å². The number of nitrogens with one attached hydrogen (secondary N) is 2. The number of carbonyl (C=O) groups is 2. The molecule has 2 aromatic rings. The first kappa shape index (κ1) is 20.5. The number of aromatic nitrogens is 1. The third-order valence-corrected chi connectivity index (χ3v) is 5.40. The molecule has 4 N–H and O–H groups in total. The topological polar surface area (TPSA) is 114 Å². The Hall–Kier alpha value is -2.22. The molecule has 1 aliphatic carbocycles. The molecule has 10 heteroatoms. The van der Waals surface area contributed by atoms with Crippen LogP contribution in [0.25, 0.3) is 0 Å². The second-order valence-corrected chi connectivity index (χ2v) is 7.53. The van der Waals surface area contributed by atoms with E-state index in [1.54, 1.807) is 0 Å².